The lowest BCUT2D eigenvalue weighted by Gasteiger charge is -2.32. The third-order valence-corrected chi connectivity index (χ3v) is 5.59. The summed E-state index contributed by atoms with van der Waals surface area (Å²) in [5.41, 5.74) is 1.81. The van der Waals surface area contributed by atoms with Crippen LogP contribution in [0.3, 0.4) is 0 Å². The van der Waals surface area contributed by atoms with Gasteiger partial charge in [0.1, 0.15) is 0 Å². The van der Waals surface area contributed by atoms with E-state index in [1.54, 1.807) is 0 Å². The Morgan fingerprint density at radius 2 is 1.90 bits per heavy atom. The molecule has 108 valence electrons. The molecule has 0 amide bonds. The van der Waals surface area contributed by atoms with Crippen molar-refractivity contribution in [1.29, 1.82) is 0 Å². The standard InChI is InChI=1S/C17H24N2S/c1-3-8-15(9-4-1)10-7-13-18-16-19-17(14-20-16)11-5-2-6-12-17/h1,3-4,8-9H,2,5-7,10-14H2,(H,18,19). The predicted octanol–water partition coefficient (Wildman–Crippen LogP) is 4.01. The van der Waals surface area contributed by atoms with Crippen LogP contribution in [-0.4, -0.2) is 23.0 Å². The van der Waals surface area contributed by atoms with E-state index in [1.807, 2.05) is 11.8 Å². The zero-order valence-electron chi connectivity index (χ0n) is 12.1. The van der Waals surface area contributed by atoms with Crippen LogP contribution in [0.4, 0.5) is 0 Å². The Labute approximate surface area is 126 Å². The molecule has 2 nitrogen and oxygen atoms in total. The van der Waals surface area contributed by atoms with E-state index < -0.39 is 0 Å². The third kappa shape index (κ3) is 3.57. The number of hydrogen-bond donors (Lipinski definition) is 1. The van der Waals surface area contributed by atoms with Gasteiger partial charge in [0.05, 0.1) is 0 Å². The Balaban J connectivity index is 1.44. The van der Waals surface area contributed by atoms with Crippen LogP contribution in [0.5, 0.6) is 0 Å². The normalized spacial score (nSPS) is 23.1. The van der Waals surface area contributed by atoms with Crippen LogP contribution in [0.15, 0.2) is 35.3 Å². The topological polar surface area (TPSA) is 24.4 Å². The quantitative estimate of drug-likeness (QED) is 0.846. The zero-order chi connectivity index (χ0) is 13.7. The summed E-state index contributed by atoms with van der Waals surface area (Å²) >= 11 is 1.93. The number of benzene rings is 1. The van der Waals surface area contributed by atoms with Crippen molar-refractivity contribution in [1.82, 2.24) is 5.32 Å². The van der Waals surface area contributed by atoms with Crippen molar-refractivity contribution in [3.05, 3.63) is 35.9 Å². The van der Waals surface area contributed by atoms with Crippen molar-refractivity contribution in [2.24, 2.45) is 4.99 Å². The lowest BCUT2D eigenvalue weighted by atomic mass is 9.83. The summed E-state index contributed by atoms with van der Waals surface area (Å²) in [5, 5.41) is 4.91. The molecule has 3 heteroatoms. The van der Waals surface area contributed by atoms with E-state index in [4.69, 9.17) is 4.99 Å². The van der Waals surface area contributed by atoms with Gasteiger partial charge in [-0.25, -0.2) is 0 Å². The van der Waals surface area contributed by atoms with Gasteiger partial charge in [0.25, 0.3) is 0 Å². The van der Waals surface area contributed by atoms with Gasteiger partial charge in [-0.2, -0.15) is 0 Å². The lowest BCUT2D eigenvalue weighted by molar-refractivity contribution is 0.303. The highest BCUT2D eigenvalue weighted by Gasteiger charge is 2.37. The maximum absolute atomic E-state index is 4.76. The van der Waals surface area contributed by atoms with Crippen LogP contribution >= 0.6 is 11.8 Å². The number of amidine groups is 1. The average Bonchev–Trinajstić information content (AvgIpc) is 2.88. The monoisotopic (exact) mass is 288 g/mol. The van der Waals surface area contributed by atoms with Gasteiger partial charge >= 0.3 is 0 Å². The molecule has 1 spiro atoms. The van der Waals surface area contributed by atoms with Crippen molar-refractivity contribution < 1.29 is 0 Å². The van der Waals surface area contributed by atoms with Crippen molar-refractivity contribution in [3.63, 3.8) is 0 Å². The highest BCUT2D eigenvalue weighted by Crippen LogP contribution is 2.36. The molecular weight excluding hydrogens is 264 g/mol. The Kier molecular flexibility index (Phi) is 4.66. The van der Waals surface area contributed by atoms with Crippen LogP contribution in [0.2, 0.25) is 0 Å². The molecule has 3 rings (SSSR count). The van der Waals surface area contributed by atoms with Gasteiger partial charge in [-0.3, -0.25) is 4.99 Å². The van der Waals surface area contributed by atoms with Gasteiger partial charge in [0.2, 0.25) is 0 Å². The molecule has 1 saturated carbocycles. The molecule has 1 N–H and O–H groups in total. The molecule has 0 unspecified atom stereocenters. The van der Waals surface area contributed by atoms with E-state index >= 15 is 0 Å². The number of thioether (sulfide) groups is 1. The van der Waals surface area contributed by atoms with Crippen molar-refractivity contribution >= 4 is 16.9 Å². The number of nitrogens with zero attached hydrogens (tertiary/aromatic N) is 1. The smallest absolute Gasteiger partial charge is 0.157 e. The number of aliphatic imine (C=N–C) groups is 1. The molecule has 1 aromatic rings. The molecule has 2 aliphatic rings. The van der Waals surface area contributed by atoms with Gasteiger partial charge < -0.3 is 5.32 Å². The SMILES string of the molecule is c1ccc(CCCN=C2NC3(CCCCC3)CS2)cc1. The third-order valence-electron chi connectivity index (χ3n) is 4.39. The van der Waals surface area contributed by atoms with Gasteiger partial charge in [0.15, 0.2) is 5.17 Å². The fourth-order valence-electron chi connectivity index (χ4n) is 3.20. The molecule has 1 aromatic carbocycles. The summed E-state index contributed by atoms with van der Waals surface area (Å²) < 4.78 is 0. The second-order valence-corrected chi connectivity index (χ2v) is 6.99. The van der Waals surface area contributed by atoms with Gasteiger partial charge in [-0.15, -0.1) is 0 Å². The molecule has 0 aromatic heterocycles. The Morgan fingerprint density at radius 3 is 2.70 bits per heavy atom. The zero-order valence-corrected chi connectivity index (χ0v) is 12.9. The Bertz CT molecular complexity index is 449. The minimum Gasteiger partial charge on any atom is -0.359 e. The number of aryl methyl sites for hydroxylation is 1. The molecule has 2 fully saturated rings. The van der Waals surface area contributed by atoms with Gasteiger partial charge in [-0.05, 0) is 31.2 Å². The Hall–Kier alpha value is -0.960. The van der Waals surface area contributed by atoms with Crippen LogP contribution in [0.1, 0.15) is 44.1 Å². The molecule has 20 heavy (non-hydrogen) atoms. The van der Waals surface area contributed by atoms with Crippen molar-refractivity contribution in [3.8, 4) is 0 Å². The summed E-state index contributed by atoms with van der Waals surface area (Å²) in [6.45, 7) is 0.945. The molecule has 0 atom stereocenters. The summed E-state index contributed by atoms with van der Waals surface area (Å²) in [6, 6.07) is 10.7. The first-order valence-electron chi connectivity index (χ1n) is 7.86. The molecule has 1 aliphatic carbocycles. The van der Waals surface area contributed by atoms with Crippen LogP contribution < -0.4 is 5.32 Å². The number of hydrogen-bond acceptors (Lipinski definition) is 2. The van der Waals surface area contributed by atoms with Crippen LogP contribution in [-0.2, 0) is 6.42 Å². The summed E-state index contributed by atoms with van der Waals surface area (Å²) in [5.74, 6) is 1.23. The second-order valence-electron chi connectivity index (χ2n) is 6.03. The van der Waals surface area contributed by atoms with E-state index in [-0.39, 0.29) is 0 Å². The molecular formula is C17H24N2S. The maximum atomic E-state index is 4.76. The van der Waals surface area contributed by atoms with Gasteiger partial charge in [0, 0.05) is 17.8 Å². The van der Waals surface area contributed by atoms with E-state index in [0.29, 0.717) is 5.54 Å². The largest absolute Gasteiger partial charge is 0.359 e. The lowest BCUT2D eigenvalue weighted by Crippen LogP contribution is -2.45. The Morgan fingerprint density at radius 1 is 1.10 bits per heavy atom. The predicted molar refractivity (Wildman–Crippen MR) is 88.5 cm³/mol. The second kappa shape index (κ2) is 6.66. The first-order valence-corrected chi connectivity index (χ1v) is 8.84. The minimum absolute atomic E-state index is 0.390. The van der Waals surface area contributed by atoms with E-state index in [1.165, 1.54) is 48.6 Å². The fourth-order valence-corrected chi connectivity index (χ4v) is 4.44. The minimum atomic E-state index is 0.390. The maximum Gasteiger partial charge on any atom is 0.157 e. The van der Waals surface area contributed by atoms with E-state index in [2.05, 4.69) is 35.6 Å². The molecule has 1 saturated heterocycles. The van der Waals surface area contributed by atoms with Crippen LogP contribution in [0.25, 0.3) is 0 Å². The fraction of sp³-hybridized carbons (Fsp3) is 0.588. The first kappa shape index (κ1) is 14.0. The average molecular weight is 288 g/mol. The van der Waals surface area contributed by atoms with Crippen LogP contribution in [0, 0.1) is 0 Å². The van der Waals surface area contributed by atoms with E-state index in [0.717, 1.165) is 19.4 Å². The first-order chi connectivity index (χ1) is 9.86. The molecule has 0 radical (unpaired) electrons. The molecule has 0 bridgehead atoms. The highest BCUT2D eigenvalue weighted by molar-refractivity contribution is 8.14. The summed E-state index contributed by atoms with van der Waals surface area (Å²) in [6.07, 6.45) is 9.13. The van der Waals surface area contributed by atoms with Crippen molar-refractivity contribution in [2.75, 3.05) is 12.3 Å². The summed E-state index contributed by atoms with van der Waals surface area (Å²) in [7, 11) is 0. The molecule has 1 aliphatic heterocycles. The van der Waals surface area contributed by atoms with E-state index in [9.17, 15) is 0 Å². The number of nitrogens with one attached hydrogen (secondary N) is 1. The molecule has 1 heterocycles. The van der Waals surface area contributed by atoms with Gasteiger partial charge in [-0.1, -0.05) is 61.4 Å². The number of rotatable bonds is 4. The highest BCUT2D eigenvalue weighted by atomic mass is 32.2. The summed E-state index contributed by atoms with van der Waals surface area (Å²) in [4.78, 5) is 4.76. The van der Waals surface area contributed by atoms with Crippen molar-refractivity contribution in [2.45, 2.75) is 50.5 Å².